The van der Waals surface area contributed by atoms with E-state index >= 15 is 0 Å². The number of aromatic nitrogens is 1. The topological polar surface area (TPSA) is 37.0 Å². The van der Waals surface area contributed by atoms with Gasteiger partial charge in [-0.15, -0.1) is 0 Å². The van der Waals surface area contributed by atoms with Gasteiger partial charge in [0.05, 0.1) is 5.69 Å². The third-order valence-corrected chi connectivity index (χ3v) is 3.47. The molecule has 2 N–H and O–H groups in total. The third kappa shape index (κ3) is 3.82. The van der Waals surface area contributed by atoms with E-state index < -0.39 is 0 Å². The fourth-order valence-electron chi connectivity index (χ4n) is 2.07. The van der Waals surface area contributed by atoms with Crippen molar-refractivity contribution in [1.82, 2.24) is 10.3 Å². The van der Waals surface area contributed by atoms with Crippen molar-refractivity contribution in [2.75, 3.05) is 5.32 Å². The molecule has 5 heteroatoms. The van der Waals surface area contributed by atoms with Gasteiger partial charge in [-0.3, -0.25) is 0 Å². The van der Waals surface area contributed by atoms with Crippen molar-refractivity contribution in [1.29, 1.82) is 0 Å². The van der Waals surface area contributed by atoms with Crippen LogP contribution in [0, 0.1) is 0 Å². The van der Waals surface area contributed by atoms with Gasteiger partial charge in [0.25, 0.3) is 0 Å². The minimum atomic E-state index is 0.445. The zero-order chi connectivity index (χ0) is 12.1. The van der Waals surface area contributed by atoms with E-state index in [0.29, 0.717) is 16.3 Å². The smallest absolute Gasteiger partial charge is 0.171 e. The summed E-state index contributed by atoms with van der Waals surface area (Å²) >= 11 is 11.2. The first-order valence-corrected chi connectivity index (χ1v) is 6.72. The van der Waals surface area contributed by atoms with Crippen LogP contribution in [0.4, 0.5) is 5.69 Å². The second kappa shape index (κ2) is 6.17. The van der Waals surface area contributed by atoms with Crippen molar-refractivity contribution in [3.63, 3.8) is 0 Å². The zero-order valence-electron chi connectivity index (χ0n) is 9.58. The standard InChI is InChI=1S/C12H16ClN3S/c13-11-10(7-4-8-14-11)16-12(17)15-9-5-2-1-3-6-9/h4,7-9H,1-3,5-6H2,(H2,15,16,17). The van der Waals surface area contributed by atoms with Crippen LogP contribution in [0.1, 0.15) is 32.1 Å². The Kier molecular flexibility index (Phi) is 4.57. The maximum Gasteiger partial charge on any atom is 0.171 e. The lowest BCUT2D eigenvalue weighted by Crippen LogP contribution is -2.38. The molecule has 1 aliphatic rings. The van der Waals surface area contributed by atoms with Crippen LogP contribution in [0.15, 0.2) is 18.3 Å². The maximum atomic E-state index is 5.95. The van der Waals surface area contributed by atoms with E-state index in [1.165, 1.54) is 32.1 Å². The molecular formula is C12H16ClN3S. The van der Waals surface area contributed by atoms with Gasteiger partial charge in [-0.1, -0.05) is 30.9 Å². The quantitative estimate of drug-likeness (QED) is 0.638. The lowest BCUT2D eigenvalue weighted by Gasteiger charge is -2.24. The molecule has 17 heavy (non-hydrogen) atoms. The highest BCUT2D eigenvalue weighted by atomic mass is 35.5. The number of hydrogen-bond acceptors (Lipinski definition) is 2. The number of pyridine rings is 1. The van der Waals surface area contributed by atoms with E-state index in [0.717, 1.165) is 5.69 Å². The molecule has 0 saturated heterocycles. The molecule has 0 amide bonds. The molecule has 1 aromatic rings. The average molecular weight is 270 g/mol. The van der Waals surface area contributed by atoms with Crippen LogP contribution >= 0.6 is 23.8 Å². The van der Waals surface area contributed by atoms with Crippen molar-refractivity contribution in [3.8, 4) is 0 Å². The van der Waals surface area contributed by atoms with Crippen molar-refractivity contribution >= 4 is 34.6 Å². The molecule has 1 heterocycles. The Labute approximate surface area is 112 Å². The second-order valence-corrected chi connectivity index (χ2v) is 5.04. The summed E-state index contributed by atoms with van der Waals surface area (Å²) < 4.78 is 0. The van der Waals surface area contributed by atoms with Crippen molar-refractivity contribution < 1.29 is 0 Å². The van der Waals surface area contributed by atoms with E-state index in [2.05, 4.69) is 15.6 Å². The molecule has 0 aliphatic heterocycles. The number of rotatable bonds is 2. The Hall–Kier alpha value is -0.870. The molecule has 0 spiro atoms. The number of thiocarbonyl (C=S) groups is 1. The Morgan fingerprint density at radius 3 is 2.82 bits per heavy atom. The second-order valence-electron chi connectivity index (χ2n) is 4.28. The summed E-state index contributed by atoms with van der Waals surface area (Å²) in [6, 6.07) is 4.20. The van der Waals surface area contributed by atoms with Gasteiger partial charge in [-0.2, -0.15) is 0 Å². The molecule has 1 aromatic heterocycles. The highest BCUT2D eigenvalue weighted by Gasteiger charge is 2.14. The maximum absolute atomic E-state index is 5.95. The fourth-order valence-corrected chi connectivity index (χ4v) is 2.51. The van der Waals surface area contributed by atoms with Crippen LogP contribution < -0.4 is 10.6 Å². The number of halogens is 1. The summed E-state index contributed by atoms with van der Waals surface area (Å²) in [6.45, 7) is 0. The predicted molar refractivity (Wildman–Crippen MR) is 75.5 cm³/mol. The summed E-state index contributed by atoms with van der Waals surface area (Å²) in [6.07, 6.45) is 7.96. The summed E-state index contributed by atoms with van der Waals surface area (Å²) in [5, 5.41) is 7.49. The summed E-state index contributed by atoms with van der Waals surface area (Å²) in [7, 11) is 0. The normalized spacial score (nSPS) is 16.5. The average Bonchev–Trinajstić information content (AvgIpc) is 2.33. The summed E-state index contributed by atoms with van der Waals surface area (Å²) in [5.74, 6) is 0. The molecular weight excluding hydrogens is 254 g/mol. The SMILES string of the molecule is S=C(Nc1cccnc1Cl)NC1CCCCC1. The van der Waals surface area contributed by atoms with Crippen LogP contribution in [0.25, 0.3) is 0 Å². The zero-order valence-corrected chi connectivity index (χ0v) is 11.2. The molecule has 3 nitrogen and oxygen atoms in total. The van der Waals surface area contributed by atoms with Gasteiger partial charge in [0.1, 0.15) is 0 Å². The first-order chi connectivity index (χ1) is 8.25. The lowest BCUT2D eigenvalue weighted by molar-refractivity contribution is 0.415. The highest BCUT2D eigenvalue weighted by Crippen LogP contribution is 2.19. The predicted octanol–water partition coefficient (Wildman–Crippen LogP) is 3.35. The Balaban J connectivity index is 1.86. The van der Waals surface area contributed by atoms with E-state index in [9.17, 15) is 0 Å². The van der Waals surface area contributed by atoms with Crippen molar-refractivity contribution in [2.45, 2.75) is 38.1 Å². The molecule has 1 aliphatic carbocycles. The molecule has 92 valence electrons. The largest absolute Gasteiger partial charge is 0.360 e. The molecule has 0 atom stereocenters. The Morgan fingerprint density at radius 1 is 1.35 bits per heavy atom. The van der Waals surface area contributed by atoms with Crippen LogP contribution in [0.5, 0.6) is 0 Å². The van der Waals surface area contributed by atoms with Gasteiger partial charge < -0.3 is 10.6 Å². The molecule has 0 unspecified atom stereocenters. The van der Waals surface area contributed by atoms with Crippen LogP contribution in [-0.2, 0) is 0 Å². The van der Waals surface area contributed by atoms with Crippen molar-refractivity contribution in [2.24, 2.45) is 0 Å². The van der Waals surface area contributed by atoms with Crippen molar-refractivity contribution in [3.05, 3.63) is 23.5 Å². The molecule has 1 saturated carbocycles. The first kappa shape index (κ1) is 12.6. The number of nitrogens with zero attached hydrogens (tertiary/aromatic N) is 1. The first-order valence-electron chi connectivity index (χ1n) is 5.94. The molecule has 2 rings (SSSR count). The summed E-state index contributed by atoms with van der Waals surface area (Å²) in [4.78, 5) is 3.99. The van der Waals surface area contributed by atoms with E-state index in [4.69, 9.17) is 23.8 Å². The number of hydrogen-bond donors (Lipinski definition) is 2. The van der Waals surface area contributed by atoms with E-state index in [1.54, 1.807) is 6.20 Å². The van der Waals surface area contributed by atoms with Crippen LogP contribution in [0.2, 0.25) is 5.15 Å². The van der Waals surface area contributed by atoms with E-state index in [1.807, 2.05) is 12.1 Å². The van der Waals surface area contributed by atoms with E-state index in [-0.39, 0.29) is 0 Å². The molecule has 0 bridgehead atoms. The van der Waals surface area contributed by atoms with Gasteiger partial charge in [0.2, 0.25) is 0 Å². The minimum Gasteiger partial charge on any atom is -0.360 e. The Bertz CT molecular complexity index is 391. The molecule has 1 fully saturated rings. The van der Waals surface area contributed by atoms with Gasteiger partial charge in [0.15, 0.2) is 10.3 Å². The third-order valence-electron chi connectivity index (χ3n) is 2.95. The summed E-state index contributed by atoms with van der Waals surface area (Å²) in [5.41, 5.74) is 0.752. The van der Waals surface area contributed by atoms with Gasteiger partial charge in [0, 0.05) is 12.2 Å². The lowest BCUT2D eigenvalue weighted by atomic mass is 9.96. The van der Waals surface area contributed by atoms with Gasteiger partial charge in [-0.25, -0.2) is 4.98 Å². The molecule has 0 radical (unpaired) electrons. The van der Waals surface area contributed by atoms with Gasteiger partial charge >= 0.3 is 0 Å². The van der Waals surface area contributed by atoms with Crippen LogP contribution in [-0.4, -0.2) is 16.1 Å². The molecule has 0 aromatic carbocycles. The fraction of sp³-hybridized carbons (Fsp3) is 0.500. The Morgan fingerprint density at radius 2 is 2.12 bits per heavy atom. The number of nitrogens with one attached hydrogen (secondary N) is 2. The minimum absolute atomic E-state index is 0.445. The highest BCUT2D eigenvalue weighted by molar-refractivity contribution is 7.80. The monoisotopic (exact) mass is 269 g/mol. The van der Waals surface area contributed by atoms with Crippen LogP contribution in [0.3, 0.4) is 0 Å². The number of anilines is 1. The van der Waals surface area contributed by atoms with Gasteiger partial charge in [-0.05, 0) is 37.2 Å².